The first-order valence-electron chi connectivity index (χ1n) is 9.95. The normalized spacial score (nSPS) is 28.9. The molecule has 0 amide bonds. The quantitative estimate of drug-likeness (QED) is 0.727. The van der Waals surface area contributed by atoms with Crippen LogP contribution in [0.3, 0.4) is 0 Å². The Morgan fingerprint density at radius 3 is 1.36 bits per heavy atom. The summed E-state index contributed by atoms with van der Waals surface area (Å²) in [7, 11) is 0. The number of aliphatic hydroxyl groups is 2. The molecule has 2 fully saturated rings. The monoisotopic (exact) mass is 314 g/mol. The molecule has 2 atom stereocenters. The zero-order chi connectivity index (χ0) is 16.8. The molecule has 2 nitrogen and oxygen atoms in total. The molecule has 0 spiro atoms. The van der Waals surface area contributed by atoms with Crippen LogP contribution in [0, 0.1) is 23.7 Å². The summed E-state index contributed by atoms with van der Waals surface area (Å²) in [5.41, 5.74) is 0. The largest absolute Gasteiger partial charge is 0.396 e. The molecule has 2 heteroatoms. The smallest absolute Gasteiger partial charge is 0.0459 e. The SMILES string of the molecule is CC.CCC1CC(CC)CC(CO)C1.OCC1CCCCC1. The summed E-state index contributed by atoms with van der Waals surface area (Å²) < 4.78 is 0. The molecule has 134 valence electrons. The summed E-state index contributed by atoms with van der Waals surface area (Å²) >= 11 is 0. The van der Waals surface area contributed by atoms with E-state index >= 15 is 0 Å². The Bertz CT molecular complexity index is 194. The minimum atomic E-state index is 0.410. The van der Waals surface area contributed by atoms with Gasteiger partial charge in [0.15, 0.2) is 0 Å². The summed E-state index contributed by atoms with van der Waals surface area (Å²) in [5, 5.41) is 17.8. The average molecular weight is 315 g/mol. The number of hydrogen-bond acceptors (Lipinski definition) is 2. The Morgan fingerprint density at radius 2 is 1.05 bits per heavy atom. The number of hydrogen-bond donors (Lipinski definition) is 2. The van der Waals surface area contributed by atoms with Gasteiger partial charge < -0.3 is 10.2 Å². The highest BCUT2D eigenvalue weighted by Gasteiger charge is 2.26. The van der Waals surface area contributed by atoms with Gasteiger partial charge in [0.05, 0.1) is 0 Å². The van der Waals surface area contributed by atoms with Gasteiger partial charge in [-0.15, -0.1) is 0 Å². The minimum absolute atomic E-state index is 0.410. The molecule has 0 aliphatic heterocycles. The minimum Gasteiger partial charge on any atom is -0.396 e. The van der Waals surface area contributed by atoms with Gasteiger partial charge >= 0.3 is 0 Å². The maximum atomic E-state index is 9.12. The topological polar surface area (TPSA) is 40.5 Å². The van der Waals surface area contributed by atoms with E-state index in [0.29, 0.717) is 25.0 Å². The van der Waals surface area contributed by atoms with Crippen molar-refractivity contribution in [1.82, 2.24) is 0 Å². The second kappa shape index (κ2) is 14.5. The molecule has 2 aliphatic rings. The third-order valence-electron chi connectivity index (χ3n) is 5.40. The van der Waals surface area contributed by atoms with Crippen molar-refractivity contribution in [2.24, 2.45) is 23.7 Å². The van der Waals surface area contributed by atoms with E-state index in [-0.39, 0.29) is 0 Å². The average Bonchev–Trinajstić information content (AvgIpc) is 2.64. The van der Waals surface area contributed by atoms with Crippen molar-refractivity contribution < 1.29 is 10.2 Å². The summed E-state index contributed by atoms with van der Waals surface area (Å²) in [6, 6.07) is 0. The molecule has 0 aromatic carbocycles. The Balaban J connectivity index is 0.000000382. The second-order valence-electron chi connectivity index (χ2n) is 6.99. The Morgan fingerprint density at radius 1 is 0.636 bits per heavy atom. The standard InChI is InChI=1S/C11H22O.C7H14O.C2H6/c1-3-9-5-10(4-2)7-11(6-9)8-12;8-6-7-4-2-1-3-5-7;1-2/h9-12H,3-8H2,1-2H3;7-8H,1-6H2;1-2H3. The highest BCUT2D eigenvalue weighted by atomic mass is 16.3. The van der Waals surface area contributed by atoms with E-state index in [2.05, 4.69) is 13.8 Å². The molecular formula is C20H42O2. The predicted molar refractivity (Wildman–Crippen MR) is 97.0 cm³/mol. The fraction of sp³-hybridized carbons (Fsp3) is 1.00. The van der Waals surface area contributed by atoms with Gasteiger partial charge in [0, 0.05) is 13.2 Å². The lowest BCUT2D eigenvalue weighted by Crippen LogP contribution is -2.24. The molecule has 2 saturated carbocycles. The maximum Gasteiger partial charge on any atom is 0.0459 e. The first kappa shape index (κ1) is 21.9. The summed E-state index contributed by atoms with van der Waals surface area (Å²) in [5.74, 6) is 3.03. The van der Waals surface area contributed by atoms with Crippen molar-refractivity contribution in [3.8, 4) is 0 Å². The van der Waals surface area contributed by atoms with Gasteiger partial charge in [0.1, 0.15) is 0 Å². The van der Waals surface area contributed by atoms with E-state index in [0.717, 1.165) is 11.8 Å². The molecule has 2 N–H and O–H groups in total. The summed E-state index contributed by atoms with van der Waals surface area (Å²) in [6.07, 6.45) is 13.1. The molecule has 0 radical (unpaired) electrons. The third-order valence-corrected chi connectivity index (χ3v) is 5.40. The van der Waals surface area contributed by atoms with Crippen LogP contribution in [0.5, 0.6) is 0 Å². The van der Waals surface area contributed by atoms with Gasteiger partial charge in [0.25, 0.3) is 0 Å². The zero-order valence-corrected chi connectivity index (χ0v) is 15.7. The van der Waals surface area contributed by atoms with Crippen LogP contribution in [-0.4, -0.2) is 23.4 Å². The van der Waals surface area contributed by atoms with E-state index in [1.165, 1.54) is 64.2 Å². The molecule has 0 heterocycles. The van der Waals surface area contributed by atoms with Crippen molar-refractivity contribution in [3.63, 3.8) is 0 Å². The van der Waals surface area contributed by atoms with Crippen LogP contribution in [0.1, 0.15) is 91.9 Å². The van der Waals surface area contributed by atoms with Crippen molar-refractivity contribution in [1.29, 1.82) is 0 Å². The van der Waals surface area contributed by atoms with E-state index in [1.807, 2.05) is 13.8 Å². The zero-order valence-electron chi connectivity index (χ0n) is 15.7. The van der Waals surface area contributed by atoms with Gasteiger partial charge in [-0.2, -0.15) is 0 Å². The summed E-state index contributed by atoms with van der Waals surface area (Å²) in [6.45, 7) is 9.38. The van der Waals surface area contributed by atoms with Crippen LogP contribution in [0.2, 0.25) is 0 Å². The molecule has 0 aromatic heterocycles. The Kier molecular flexibility index (Phi) is 14.5. The van der Waals surface area contributed by atoms with Crippen molar-refractivity contribution in [2.45, 2.75) is 91.9 Å². The van der Waals surface area contributed by atoms with Crippen LogP contribution < -0.4 is 0 Å². The van der Waals surface area contributed by atoms with Crippen molar-refractivity contribution in [2.75, 3.05) is 13.2 Å². The van der Waals surface area contributed by atoms with Crippen molar-refractivity contribution in [3.05, 3.63) is 0 Å². The van der Waals surface area contributed by atoms with Gasteiger partial charge in [-0.1, -0.05) is 59.8 Å². The fourth-order valence-electron chi connectivity index (χ4n) is 3.89. The van der Waals surface area contributed by atoms with Crippen molar-refractivity contribution >= 4 is 0 Å². The lowest BCUT2D eigenvalue weighted by molar-refractivity contribution is 0.121. The molecule has 0 bridgehead atoms. The lowest BCUT2D eigenvalue weighted by Gasteiger charge is -2.33. The van der Waals surface area contributed by atoms with Crippen LogP contribution >= 0.6 is 0 Å². The Hall–Kier alpha value is -0.0800. The highest BCUT2D eigenvalue weighted by molar-refractivity contribution is 4.77. The maximum absolute atomic E-state index is 9.12. The molecule has 2 rings (SSSR count). The van der Waals surface area contributed by atoms with Gasteiger partial charge in [-0.05, 0) is 55.8 Å². The van der Waals surface area contributed by atoms with Crippen LogP contribution in [0.25, 0.3) is 0 Å². The second-order valence-corrected chi connectivity index (χ2v) is 6.99. The number of aliphatic hydroxyl groups excluding tert-OH is 2. The number of rotatable bonds is 4. The fourth-order valence-corrected chi connectivity index (χ4v) is 3.89. The third kappa shape index (κ3) is 9.15. The van der Waals surface area contributed by atoms with Crippen LogP contribution in [-0.2, 0) is 0 Å². The van der Waals surface area contributed by atoms with Gasteiger partial charge in [-0.25, -0.2) is 0 Å². The van der Waals surface area contributed by atoms with E-state index in [9.17, 15) is 0 Å². The summed E-state index contributed by atoms with van der Waals surface area (Å²) in [4.78, 5) is 0. The first-order chi connectivity index (χ1) is 10.7. The van der Waals surface area contributed by atoms with Crippen LogP contribution in [0.15, 0.2) is 0 Å². The molecular weight excluding hydrogens is 272 g/mol. The molecule has 2 aliphatic carbocycles. The molecule has 22 heavy (non-hydrogen) atoms. The first-order valence-corrected chi connectivity index (χ1v) is 9.95. The predicted octanol–water partition coefficient (Wildman–Crippen LogP) is 5.42. The van der Waals surface area contributed by atoms with Gasteiger partial charge in [0.2, 0.25) is 0 Å². The molecule has 0 saturated heterocycles. The Labute approximate surface area is 139 Å². The van der Waals surface area contributed by atoms with E-state index in [1.54, 1.807) is 0 Å². The van der Waals surface area contributed by atoms with Crippen LogP contribution in [0.4, 0.5) is 0 Å². The highest BCUT2D eigenvalue weighted by Crippen LogP contribution is 2.36. The van der Waals surface area contributed by atoms with Gasteiger partial charge in [-0.3, -0.25) is 0 Å². The molecule has 2 unspecified atom stereocenters. The van der Waals surface area contributed by atoms with E-state index < -0.39 is 0 Å². The van der Waals surface area contributed by atoms with E-state index in [4.69, 9.17) is 10.2 Å². The lowest BCUT2D eigenvalue weighted by atomic mass is 9.73. The molecule has 0 aromatic rings.